The second kappa shape index (κ2) is 10.0. The van der Waals surface area contributed by atoms with Crippen LogP contribution in [0.15, 0.2) is 29.3 Å². The SMILES string of the molecule is CN1CCN=C1NCc1cccc(OCCN2CCOCC2)c1.I. The van der Waals surface area contributed by atoms with Crippen LogP contribution in [-0.4, -0.2) is 75.4 Å². The molecule has 1 aromatic rings. The van der Waals surface area contributed by atoms with Crippen LogP contribution in [-0.2, 0) is 11.3 Å². The van der Waals surface area contributed by atoms with Crippen LogP contribution in [0.5, 0.6) is 5.75 Å². The van der Waals surface area contributed by atoms with Gasteiger partial charge in [0.15, 0.2) is 5.96 Å². The molecule has 0 aromatic heterocycles. The van der Waals surface area contributed by atoms with Crippen molar-refractivity contribution in [3.05, 3.63) is 29.8 Å². The van der Waals surface area contributed by atoms with Crippen molar-refractivity contribution in [1.82, 2.24) is 15.1 Å². The summed E-state index contributed by atoms with van der Waals surface area (Å²) in [6.45, 7) is 7.98. The van der Waals surface area contributed by atoms with Gasteiger partial charge < -0.3 is 19.7 Å². The van der Waals surface area contributed by atoms with Crippen LogP contribution >= 0.6 is 24.0 Å². The Kier molecular flexibility index (Phi) is 8.07. The molecule has 0 bridgehead atoms. The summed E-state index contributed by atoms with van der Waals surface area (Å²) in [7, 11) is 2.06. The zero-order chi connectivity index (χ0) is 15.9. The second-order valence-corrected chi connectivity index (χ2v) is 5.93. The molecule has 0 saturated carbocycles. The first-order valence-electron chi connectivity index (χ1n) is 8.32. The molecule has 134 valence electrons. The predicted octanol–water partition coefficient (Wildman–Crippen LogP) is 1.41. The lowest BCUT2D eigenvalue weighted by Crippen LogP contribution is -2.38. The van der Waals surface area contributed by atoms with E-state index in [1.54, 1.807) is 0 Å². The third-order valence-corrected chi connectivity index (χ3v) is 4.19. The van der Waals surface area contributed by atoms with Gasteiger partial charge >= 0.3 is 0 Å². The first-order chi connectivity index (χ1) is 11.3. The monoisotopic (exact) mass is 446 g/mol. The van der Waals surface area contributed by atoms with Crippen molar-refractivity contribution in [3.63, 3.8) is 0 Å². The van der Waals surface area contributed by atoms with E-state index < -0.39 is 0 Å². The van der Waals surface area contributed by atoms with Crippen molar-refractivity contribution >= 4 is 29.9 Å². The number of morpholine rings is 1. The highest BCUT2D eigenvalue weighted by Crippen LogP contribution is 2.13. The minimum atomic E-state index is 0. The van der Waals surface area contributed by atoms with E-state index in [0.717, 1.165) is 64.2 Å². The van der Waals surface area contributed by atoms with Gasteiger partial charge in [-0.05, 0) is 17.7 Å². The Morgan fingerprint density at radius 3 is 2.83 bits per heavy atom. The number of hydrogen-bond acceptors (Lipinski definition) is 6. The summed E-state index contributed by atoms with van der Waals surface area (Å²) >= 11 is 0. The van der Waals surface area contributed by atoms with E-state index in [-0.39, 0.29) is 24.0 Å². The number of likely N-dealkylation sites (N-methyl/N-ethyl adjacent to an activating group) is 1. The molecule has 7 heteroatoms. The van der Waals surface area contributed by atoms with Gasteiger partial charge in [-0.3, -0.25) is 9.89 Å². The van der Waals surface area contributed by atoms with E-state index in [0.29, 0.717) is 6.61 Å². The number of halogens is 1. The molecule has 3 rings (SSSR count). The topological polar surface area (TPSA) is 49.3 Å². The van der Waals surface area contributed by atoms with E-state index >= 15 is 0 Å². The molecule has 2 heterocycles. The molecule has 0 atom stereocenters. The lowest BCUT2D eigenvalue weighted by molar-refractivity contribution is 0.0322. The molecule has 2 aliphatic rings. The zero-order valence-electron chi connectivity index (χ0n) is 14.2. The summed E-state index contributed by atoms with van der Waals surface area (Å²) in [4.78, 5) is 8.96. The van der Waals surface area contributed by atoms with Crippen LogP contribution in [0.4, 0.5) is 0 Å². The summed E-state index contributed by atoms with van der Waals surface area (Å²) < 4.78 is 11.2. The van der Waals surface area contributed by atoms with Gasteiger partial charge in [0.2, 0.25) is 0 Å². The summed E-state index contributed by atoms with van der Waals surface area (Å²) in [6.07, 6.45) is 0. The lowest BCUT2D eigenvalue weighted by atomic mass is 10.2. The molecule has 1 fully saturated rings. The minimum absolute atomic E-state index is 0. The molecule has 0 unspecified atom stereocenters. The molecule has 24 heavy (non-hydrogen) atoms. The molecular formula is C17H27IN4O2. The number of rotatable bonds is 6. The number of nitrogens with one attached hydrogen (secondary N) is 1. The molecule has 1 aromatic carbocycles. The third-order valence-electron chi connectivity index (χ3n) is 4.19. The number of benzene rings is 1. The van der Waals surface area contributed by atoms with Crippen molar-refractivity contribution in [3.8, 4) is 5.75 Å². The quantitative estimate of drug-likeness (QED) is 0.670. The van der Waals surface area contributed by atoms with Crippen LogP contribution in [0.2, 0.25) is 0 Å². The number of nitrogens with zero attached hydrogens (tertiary/aromatic N) is 3. The number of aliphatic imine (C=N–C) groups is 1. The molecule has 0 radical (unpaired) electrons. The van der Waals surface area contributed by atoms with Crippen LogP contribution in [0.3, 0.4) is 0 Å². The average Bonchev–Trinajstić information content (AvgIpc) is 2.99. The Bertz CT molecular complexity index is 535. The fourth-order valence-corrected chi connectivity index (χ4v) is 2.77. The molecule has 0 aliphatic carbocycles. The minimum Gasteiger partial charge on any atom is -0.492 e. The standard InChI is InChI=1S/C17H26N4O2.HI/c1-20-6-5-18-17(20)19-14-15-3-2-4-16(13-15)23-12-9-21-7-10-22-11-8-21;/h2-4,13H,5-12,14H2,1H3,(H,18,19);1H. The van der Waals surface area contributed by atoms with Gasteiger partial charge in [0, 0.05) is 39.8 Å². The maximum absolute atomic E-state index is 5.89. The molecule has 0 amide bonds. The highest BCUT2D eigenvalue weighted by atomic mass is 127. The number of ether oxygens (including phenoxy) is 2. The summed E-state index contributed by atoms with van der Waals surface area (Å²) in [5, 5.41) is 3.38. The highest BCUT2D eigenvalue weighted by molar-refractivity contribution is 14.0. The fraction of sp³-hybridized carbons (Fsp3) is 0.588. The van der Waals surface area contributed by atoms with Crippen molar-refractivity contribution < 1.29 is 9.47 Å². The predicted molar refractivity (Wildman–Crippen MR) is 106 cm³/mol. The molecule has 2 aliphatic heterocycles. The maximum atomic E-state index is 5.89. The smallest absolute Gasteiger partial charge is 0.194 e. The summed E-state index contributed by atoms with van der Waals surface area (Å²) in [6, 6.07) is 8.27. The first-order valence-corrected chi connectivity index (χ1v) is 8.32. The van der Waals surface area contributed by atoms with Crippen molar-refractivity contribution in [2.75, 3.05) is 59.6 Å². The van der Waals surface area contributed by atoms with Gasteiger partial charge in [-0.2, -0.15) is 0 Å². The number of guanidine groups is 1. The first kappa shape index (κ1) is 19.3. The molecule has 6 nitrogen and oxygen atoms in total. The second-order valence-electron chi connectivity index (χ2n) is 5.93. The molecular weight excluding hydrogens is 419 g/mol. The van der Waals surface area contributed by atoms with Crippen molar-refractivity contribution in [2.45, 2.75) is 6.54 Å². The number of hydrogen-bond donors (Lipinski definition) is 1. The largest absolute Gasteiger partial charge is 0.492 e. The Balaban J connectivity index is 0.00000208. The zero-order valence-corrected chi connectivity index (χ0v) is 16.6. The Morgan fingerprint density at radius 2 is 2.08 bits per heavy atom. The van der Waals surface area contributed by atoms with Gasteiger partial charge in [0.25, 0.3) is 0 Å². The highest BCUT2D eigenvalue weighted by Gasteiger charge is 2.12. The molecule has 1 saturated heterocycles. The Hall–Kier alpha value is -1.06. The Morgan fingerprint density at radius 1 is 1.25 bits per heavy atom. The Labute approximate surface area is 161 Å². The van der Waals surface area contributed by atoms with E-state index in [1.165, 1.54) is 5.56 Å². The lowest BCUT2D eigenvalue weighted by Gasteiger charge is -2.26. The van der Waals surface area contributed by atoms with Gasteiger partial charge in [0.1, 0.15) is 12.4 Å². The molecule has 0 spiro atoms. The van der Waals surface area contributed by atoms with E-state index in [1.807, 2.05) is 12.1 Å². The van der Waals surface area contributed by atoms with Crippen molar-refractivity contribution in [2.24, 2.45) is 4.99 Å². The van der Waals surface area contributed by atoms with Gasteiger partial charge in [-0.25, -0.2) is 0 Å². The van der Waals surface area contributed by atoms with Crippen LogP contribution in [0.1, 0.15) is 5.56 Å². The van der Waals surface area contributed by atoms with Crippen LogP contribution in [0.25, 0.3) is 0 Å². The summed E-state index contributed by atoms with van der Waals surface area (Å²) in [5.74, 6) is 1.91. The normalized spacial score (nSPS) is 18.0. The average molecular weight is 446 g/mol. The fourth-order valence-electron chi connectivity index (χ4n) is 2.77. The van der Waals surface area contributed by atoms with E-state index in [2.05, 4.69) is 39.3 Å². The maximum Gasteiger partial charge on any atom is 0.194 e. The van der Waals surface area contributed by atoms with Crippen LogP contribution < -0.4 is 10.1 Å². The summed E-state index contributed by atoms with van der Waals surface area (Å²) in [5.41, 5.74) is 1.21. The third kappa shape index (κ3) is 5.78. The van der Waals surface area contributed by atoms with Gasteiger partial charge in [0.05, 0.1) is 19.8 Å². The molecule has 1 N–H and O–H groups in total. The van der Waals surface area contributed by atoms with Crippen LogP contribution in [0, 0.1) is 0 Å². The van der Waals surface area contributed by atoms with E-state index in [9.17, 15) is 0 Å². The van der Waals surface area contributed by atoms with Gasteiger partial charge in [-0.15, -0.1) is 24.0 Å². The van der Waals surface area contributed by atoms with E-state index in [4.69, 9.17) is 9.47 Å². The van der Waals surface area contributed by atoms with Crippen molar-refractivity contribution in [1.29, 1.82) is 0 Å². The van der Waals surface area contributed by atoms with Gasteiger partial charge in [-0.1, -0.05) is 12.1 Å².